The summed E-state index contributed by atoms with van der Waals surface area (Å²) < 4.78 is 3.08. The van der Waals surface area contributed by atoms with Crippen molar-refractivity contribution in [3.63, 3.8) is 0 Å². The highest BCUT2D eigenvalue weighted by Crippen LogP contribution is 2.30. The molecule has 8 heteroatoms. The molecule has 3 heterocycles. The SMILES string of the molecule is CN1CCN(C(=O)Cn2c(=O)n(C)c3ccccc32)c2nc3ccccc3nc21. The zero-order valence-corrected chi connectivity index (χ0v) is 16.2. The molecule has 1 aliphatic rings. The van der Waals surface area contributed by atoms with Crippen LogP contribution in [0.25, 0.3) is 22.1 Å². The maximum absolute atomic E-state index is 13.2. The minimum atomic E-state index is -0.210. The van der Waals surface area contributed by atoms with Gasteiger partial charge in [-0.25, -0.2) is 14.8 Å². The standard InChI is InChI=1S/C21H20N6O2/c1-24-11-12-26(20-19(24)22-14-7-3-4-8-15(14)23-20)18(28)13-27-17-10-6-5-9-16(17)25(2)21(27)29/h3-10H,11-13H2,1-2H3. The van der Waals surface area contributed by atoms with Crippen LogP contribution in [0.5, 0.6) is 0 Å². The second-order valence-electron chi connectivity index (χ2n) is 7.24. The number of amides is 1. The van der Waals surface area contributed by atoms with E-state index in [0.717, 1.165) is 22.1 Å². The minimum absolute atomic E-state index is 0.0438. The molecule has 1 aliphatic heterocycles. The Morgan fingerprint density at radius 2 is 1.52 bits per heavy atom. The molecule has 0 fully saturated rings. The number of fused-ring (bicyclic) bond motifs is 3. The normalized spacial score (nSPS) is 13.9. The van der Waals surface area contributed by atoms with E-state index in [1.807, 2.05) is 60.5 Å². The number of likely N-dealkylation sites (N-methyl/N-ethyl adjacent to an activating group) is 1. The topological polar surface area (TPSA) is 76.3 Å². The fraction of sp³-hybridized carbons (Fsp3) is 0.238. The number of carbonyl (C=O) groups is 1. The van der Waals surface area contributed by atoms with E-state index >= 15 is 0 Å². The number of aromatic nitrogens is 4. The van der Waals surface area contributed by atoms with Crippen molar-refractivity contribution in [3.8, 4) is 0 Å². The molecule has 0 atom stereocenters. The molecular weight excluding hydrogens is 368 g/mol. The molecule has 0 spiro atoms. The molecule has 2 aromatic carbocycles. The Balaban J connectivity index is 1.57. The van der Waals surface area contributed by atoms with Gasteiger partial charge in [-0.15, -0.1) is 0 Å². The van der Waals surface area contributed by atoms with Crippen molar-refractivity contribution in [2.75, 3.05) is 29.9 Å². The van der Waals surface area contributed by atoms with Gasteiger partial charge < -0.3 is 4.90 Å². The molecular formula is C21H20N6O2. The second kappa shape index (κ2) is 6.44. The van der Waals surface area contributed by atoms with Crippen molar-refractivity contribution >= 4 is 39.6 Å². The molecule has 146 valence electrons. The van der Waals surface area contributed by atoms with Crippen LogP contribution in [0.3, 0.4) is 0 Å². The van der Waals surface area contributed by atoms with Gasteiger partial charge in [0.05, 0.1) is 22.1 Å². The van der Waals surface area contributed by atoms with E-state index in [4.69, 9.17) is 9.97 Å². The van der Waals surface area contributed by atoms with Crippen molar-refractivity contribution in [1.29, 1.82) is 0 Å². The number of para-hydroxylation sites is 4. The molecule has 0 saturated heterocycles. The maximum atomic E-state index is 13.2. The van der Waals surface area contributed by atoms with Crippen molar-refractivity contribution in [1.82, 2.24) is 19.1 Å². The monoisotopic (exact) mass is 388 g/mol. The predicted molar refractivity (Wildman–Crippen MR) is 112 cm³/mol. The average molecular weight is 388 g/mol. The van der Waals surface area contributed by atoms with Crippen molar-refractivity contribution in [3.05, 3.63) is 59.0 Å². The Morgan fingerprint density at radius 3 is 2.24 bits per heavy atom. The average Bonchev–Trinajstić information content (AvgIpc) is 2.98. The number of hydrogen-bond donors (Lipinski definition) is 0. The first-order chi connectivity index (χ1) is 14.0. The van der Waals surface area contributed by atoms with Crippen LogP contribution in [0.1, 0.15) is 0 Å². The number of benzene rings is 2. The quantitative estimate of drug-likeness (QED) is 0.523. The minimum Gasteiger partial charge on any atom is -0.355 e. The molecule has 0 saturated carbocycles. The summed E-state index contributed by atoms with van der Waals surface area (Å²) in [5, 5.41) is 0. The highest BCUT2D eigenvalue weighted by atomic mass is 16.2. The van der Waals surface area contributed by atoms with Crippen molar-refractivity contribution < 1.29 is 4.79 Å². The Morgan fingerprint density at radius 1 is 0.897 bits per heavy atom. The summed E-state index contributed by atoms with van der Waals surface area (Å²) in [6.45, 7) is 1.10. The molecule has 4 aromatic rings. The summed E-state index contributed by atoms with van der Waals surface area (Å²) in [7, 11) is 3.66. The maximum Gasteiger partial charge on any atom is 0.329 e. The van der Waals surface area contributed by atoms with E-state index in [1.54, 1.807) is 16.5 Å². The Bertz CT molecular complexity index is 1320. The van der Waals surface area contributed by atoms with Crippen LogP contribution in [0.2, 0.25) is 0 Å². The van der Waals surface area contributed by atoms with Gasteiger partial charge >= 0.3 is 5.69 Å². The van der Waals surface area contributed by atoms with E-state index in [2.05, 4.69) is 0 Å². The lowest BCUT2D eigenvalue weighted by Gasteiger charge is -2.33. The molecule has 0 aliphatic carbocycles. The van der Waals surface area contributed by atoms with E-state index in [1.165, 1.54) is 4.57 Å². The van der Waals surface area contributed by atoms with Crippen LogP contribution in [-0.4, -0.2) is 45.1 Å². The summed E-state index contributed by atoms with van der Waals surface area (Å²) >= 11 is 0. The first-order valence-corrected chi connectivity index (χ1v) is 9.47. The summed E-state index contributed by atoms with van der Waals surface area (Å²) in [5.74, 6) is 1.03. The van der Waals surface area contributed by atoms with E-state index < -0.39 is 0 Å². The zero-order chi connectivity index (χ0) is 20.1. The third kappa shape index (κ3) is 2.67. The molecule has 5 rings (SSSR count). The Labute approximate surface area is 166 Å². The molecule has 0 N–H and O–H groups in total. The number of imidazole rings is 1. The third-order valence-electron chi connectivity index (χ3n) is 5.46. The van der Waals surface area contributed by atoms with Gasteiger partial charge in [0.25, 0.3) is 0 Å². The van der Waals surface area contributed by atoms with Gasteiger partial charge in [0.15, 0.2) is 11.6 Å². The van der Waals surface area contributed by atoms with E-state index in [9.17, 15) is 9.59 Å². The Kier molecular flexibility index (Phi) is 3.87. The number of anilines is 2. The second-order valence-corrected chi connectivity index (χ2v) is 7.24. The number of rotatable bonds is 2. The van der Waals surface area contributed by atoms with Crippen molar-refractivity contribution in [2.45, 2.75) is 6.54 Å². The van der Waals surface area contributed by atoms with Crippen LogP contribution in [0.4, 0.5) is 11.6 Å². The number of nitrogens with zero attached hydrogens (tertiary/aromatic N) is 6. The van der Waals surface area contributed by atoms with Crippen LogP contribution in [0, 0.1) is 0 Å². The third-order valence-corrected chi connectivity index (χ3v) is 5.46. The van der Waals surface area contributed by atoms with Gasteiger partial charge in [-0.05, 0) is 24.3 Å². The van der Waals surface area contributed by atoms with Crippen LogP contribution in [0.15, 0.2) is 53.3 Å². The molecule has 8 nitrogen and oxygen atoms in total. The van der Waals surface area contributed by atoms with Crippen LogP contribution >= 0.6 is 0 Å². The largest absolute Gasteiger partial charge is 0.355 e. The molecule has 0 bridgehead atoms. The first-order valence-electron chi connectivity index (χ1n) is 9.47. The van der Waals surface area contributed by atoms with Gasteiger partial charge in [0.2, 0.25) is 5.91 Å². The molecule has 1 amide bonds. The Hall–Kier alpha value is -3.68. The van der Waals surface area contributed by atoms with Crippen LogP contribution < -0.4 is 15.5 Å². The van der Waals surface area contributed by atoms with Gasteiger partial charge in [-0.2, -0.15) is 0 Å². The molecule has 2 aromatic heterocycles. The summed E-state index contributed by atoms with van der Waals surface area (Å²) in [4.78, 5) is 39.0. The van der Waals surface area contributed by atoms with Gasteiger partial charge in [-0.3, -0.25) is 18.8 Å². The molecule has 0 radical (unpaired) electrons. The molecule has 29 heavy (non-hydrogen) atoms. The first kappa shape index (κ1) is 17.4. The lowest BCUT2D eigenvalue weighted by Crippen LogP contribution is -2.45. The van der Waals surface area contributed by atoms with Gasteiger partial charge in [0, 0.05) is 27.2 Å². The number of aryl methyl sites for hydroxylation is 1. The van der Waals surface area contributed by atoms with Crippen molar-refractivity contribution in [2.24, 2.45) is 7.05 Å². The smallest absolute Gasteiger partial charge is 0.329 e. The van der Waals surface area contributed by atoms with Gasteiger partial charge in [0.1, 0.15) is 6.54 Å². The highest BCUT2D eigenvalue weighted by molar-refractivity contribution is 5.98. The fourth-order valence-electron chi connectivity index (χ4n) is 3.86. The summed E-state index contributed by atoms with van der Waals surface area (Å²) in [5.41, 5.74) is 2.86. The van der Waals surface area contributed by atoms with E-state index in [0.29, 0.717) is 24.7 Å². The predicted octanol–water partition coefficient (Wildman–Crippen LogP) is 1.77. The van der Waals surface area contributed by atoms with Gasteiger partial charge in [-0.1, -0.05) is 24.3 Å². The lowest BCUT2D eigenvalue weighted by molar-refractivity contribution is -0.119. The summed E-state index contributed by atoms with van der Waals surface area (Å²) in [6, 6.07) is 15.1. The highest BCUT2D eigenvalue weighted by Gasteiger charge is 2.29. The number of carbonyl (C=O) groups excluding carboxylic acids is 1. The molecule has 0 unspecified atom stereocenters. The van der Waals surface area contributed by atoms with Crippen LogP contribution in [-0.2, 0) is 18.4 Å². The zero-order valence-electron chi connectivity index (χ0n) is 16.2. The summed E-state index contributed by atoms with van der Waals surface area (Å²) in [6.07, 6.45) is 0. The fourth-order valence-corrected chi connectivity index (χ4v) is 3.86. The number of hydrogen-bond acceptors (Lipinski definition) is 5. The lowest BCUT2D eigenvalue weighted by atomic mass is 10.2. The van der Waals surface area contributed by atoms with E-state index in [-0.39, 0.29) is 18.1 Å².